The zero-order chi connectivity index (χ0) is 16.4. The van der Waals surface area contributed by atoms with E-state index in [1.165, 1.54) is 6.07 Å². The lowest BCUT2D eigenvalue weighted by atomic mass is 10.2. The summed E-state index contributed by atoms with van der Waals surface area (Å²) in [6.07, 6.45) is 3.61. The van der Waals surface area contributed by atoms with Crippen molar-refractivity contribution in [3.05, 3.63) is 52.4 Å². The SMILES string of the molecule is CCCCn1cccc(C2=NSc3cccc(O)c3N2O)c1=O. The number of pyridine rings is 1. The van der Waals surface area contributed by atoms with Crippen LogP contribution in [0.5, 0.6) is 5.75 Å². The minimum Gasteiger partial charge on any atom is -0.506 e. The number of anilines is 1. The Hall–Kier alpha value is -2.25. The molecule has 0 fully saturated rings. The Bertz CT molecular complexity index is 816. The minimum atomic E-state index is -0.210. The number of rotatable bonds is 4. The van der Waals surface area contributed by atoms with Gasteiger partial charge in [0.2, 0.25) is 0 Å². The quantitative estimate of drug-likeness (QED) is 0.842. The average Bonchev–Trinajstić information content (AvgIpc) is 2.55. The minimum absolute atomic E-state index is 0.0628. The summed E-state index contributed by atoms with van der Waals surface area (Å²) in [5.41, 5.74) is 0.330. The van der Waals surface area contributed by atoms with Crippen molar-refractivity contribution in [3.63, 3.8) is 0 Å². The van der Waals surface area contributed by atoms with Crippen molar-refractivity contribution >= 4 is 23.5 Å². The van der Waals surface area contributed by atoms with Crippen molar-refractivity contribution < 1.29 is 10.3 Å². The highest BCUT2D eigenvalue weighted by Crippen LogP contribution is 2.41. The van der Waals surface area contributed by atoms with Crippen molar-refractivity contribution in [1.82, 2.24) is 4.57 Å². The fourth-order valence-corrected chi connectivity index (χ4v) is 3.19. The number of phenolic OH excluding ortho intramolecular Hbond substituents is 1. The van der Waals surface area contributed by atoms with Crippen LogP contribution in [0.25, 0.3) is 0 Å². The van der Waals surface area contributed by atoms with Gasteiger partial charge < -0.3 is 9.67 Å². The topological polar surface area (TPSA) is 78.1 Å². The van der Waals surface area contributed by atoms with Gasteiger partial charge in [-0.2, -0.15) is 4.40 Å². The van der Waals surface area contributed by atoms with Crippen molar-refractivity contribution in [3.8, 4) is 5.75 Å². The second kappa shape index (κ2) is 6.47. The molecule has 0 radical (unpaired) electrons. The van der Waals surface area contributed by atoms with E-state index in [0.717, 1.165) is 29.9 Å². The van der Waals surface area contributed by atoms with Crippen LogP contribution in [-0.2, 0) is 6.54 Å². The summed E-state index contributed by atoms with van der Waals surface area (Å²) in [4.78, 5) is 13.2. The Morgan fingerprint density at radius 2 is 2.09 bits per heavy atom. The number of aromatic nitrogens is 1. The van der Waals surface area contributed by atoms with Gasteiger partial charge in [-0.25, -0.2) is 5.06 Å². The molecule has 1 aromatic heterocycles. The Balaban J connectivity index is 2.02. The van der Waals surface area contributed by atoms with Gasteiger partial charge in [0.15, 0.2) is 5.84 Å². The molecule has 2 N–H and O–H groups in total. The van der Waals surface area contributed by atoms with Crippen molar-refractivity contribution in [2.75, 3.05) is 5.06 Å². The van der Waals surface area contributed by atoms with Gasteiger partial charge in [-0.3, -0.25) is 10.0 Å². The summed E-state index contributed by atoms with van der Waals surface area (Å²) in [7, 11) is 0. The van der Waals surface area contributed by atoms with E-state index < -0.39 is 0 Å². The van der Waals surface area contributed by atoms with E-state index >= 15 is 0 Å². The lowest BCUT2D eigenvalue weighted by molar-refractivity contribution is 0.305. The summed E-state index contributed by atoms with van der Waals surface area (Å²) in [5.74, 6) is 0.0620. The molecule has 120 valence electrons. The van der Waals surface area contributed by atoms with Crippen LogP contribution in [0, 0.1) is 0 Å². The fraction of sp³-hybridized carbons (Fsp3) is 0.250. The van der Waals surface area contributed by atoms with E-state index in [1.54, 1.807) is 35.0 Å². The predicted molar refractivity (Wildman–Crippen MR) is 90.4 cm³/mol. The van der Waals surface area contributed by atoms with Crippen LogP contribution in [0.2, 0.25) is 0 Å². The van der Waals surface area contributed by atoms with Crippen molar-refractivity contribution in [2.24, 2.45) is 4.40 Å². The number of phenols is 1. The van der Waals surface area contributed by atoms with Gasteiger partial charge in [0.05, 0.1) is 10.5 Å². The monoisotopic (exact) mass is 331 g/mol. The van der Waals surface area contributed by atoms with Crippen molar-refractivity contribution in [2.45, 2.75) is 31.2 Å². The number of fused-ring (bicyclic) bond motifs is 1. The Labute approximate surface area is 137 Å². The van der Waals surface area contributed by atoms with Crippen LogP contribution < -0.4 is 10.6 Å². The lowest BCUT2D eigenvalue weighted by Gasteiger charge is -2.25. The highest BCUT2D eigenvalue weighted by atomic mass is 32.2. The second-order valence-electron chi connectivity index (χ2n) is 5.22. The van der Waals surface area contributed by atoms with Gasteiger partial charge in [-0.05, 0) is 30.7 Å². The van der Waals surface area contributed by atoms with E-state index in [0.29, 0.717) is 17.0 Å². The first-order valence-corrected chi connectivity index (χ1v) is 8.16. The van der Waals surface area contributed by atoms with Gasteiger partial charge in [-0.1, -0.05) is 19.4 Å². The molecule has 0 unspecified atom stereocenters. The molecule has 0 amide bonds. The van der Waals surface area contributed by atoms with Crippen LogP contribution in [0.4, 0.5) is 5.69 Å². The molecule has 0 aliphatic carbocycles. The molecule has 1 aliphatic heterocycles. The first-order valence-electron chi connectivity index (χ1n) is 7.39. The van der Waals surface area contributed by atoms with E-state index in [-0.39, 0.29) is 22.8 Å². The van der Waals surface area contributed by atoms with Gasteiger partial charge in [0, 0.05) is 24.7 Å². The molecule has 0 spiro atoms. The maximum Gasteiger partial charge on any atom is 0.261 e. The molecule has 0 saturated carbocycles. The molecule has 6 nitrogen and oxygen atoms in total. The molecule has 2 heterocycles. The molecule has 0 saturated heterocycles. The zero-order valence-corrected chi connectivity index (χ0v) is 13.5. The van der Waals surface area contributed by atoms with Crippen LogP contribution in [-0.4, -0.2) is 20.7 Å². The molecule has 3 rings (SSSR count). The van der Waals surface area contributed by atoms with Crippen LogP contribution in [0.1, 0.15) is 25.3 Å². The number of aryl methyl sites for hydroxylation is 1. The molecule has 0 bridgehead atoms. The first kappa shape index (κ1) is 15.6. The number of para-hydroxylation sites is 1. The predicted octanol–water partition coefficient (Wildman–Crippen LogP) is 3.02. The van der Waals surface area contributed by atoms with Crippen LogP contribution >= 0.6 is 11.9 Å². The summed E-state index contributed by atoms with van der Waals surface area (Å²) in [6.45, 7) is 2.68. The fourth-order valence-electron chi connectivity index (χ4n) is 2.41. The standard InChI is InChI=1S/C16H17N3O3S/c1-2-3-9-18-10-5-6-11(16(18)21)15-17-23-13-8-4-7-12(20)14(13)19(15)22/h4-8,10,20,22H,2-3,9H2,1H3. The molecule has 1 aromatic carbocycles. The number of benzene rings is 1. The van der Waals surface area contributed by atoms with E-state index in [1.807, 2.05) is 0 Å². The number of hydrogen-bond donors (Lipinski definition) is 2. The molecular formula is C16H17N3O3S. The smallest absolute Gasteiger partial charge is 0.261 e. The summed E-state index contributed by atoms with van der Waals surface area (Å²) < 4.78 is 5.84. The Morgan fingerprint density at radius 3 is 2.87 bits per heavy atom. The molecule has 1 aliphatic rings. The largest absolute Gasteiger partial charge is 0.506 e. The Kier molecular flexibility index (Phi) is 4.40. The third-order valence-corrected chi connectivity index (χ3v) is 4.42. The number of amidine groups is 1. The molecular weight excluding hydrogens is 314 g/mol. The number of unbranched alkanes of at least 4 members (excludes halogenated alkanes) is 1. The van der Waals surface area contributed by atoms with E-state index in [2.05, 4.69) is 11.3 Å². The van der Waals surface area contributed by atoms with Gasteiger partial charge in [0.1, 0.15) is 11.4 Å². The summed E-state index contributed by atoms with van der Waals surface area (Å²) in [5, 5.41) is 21.2. The lowest BCUT2D eigenvalue weighted by Crippen LogP contribution is -2.36. The molecule has 2 aromatic rings. The maximum absolute atomic E-state index is 12.6. The molecule has 23 heavy (non-hydrogen) atoms. The Morgan fingerprint density at radius 1 is 1.26 bits per heavy atom. The maximum atomic E-state index is 12.6. The normalized spacial score (nSPS) is 13.7. The van der Waals surface area contributed by atoms with Gasteiger partial charge in [0.25, 0.3) is 5.56 Å². The number of nitrogens with zero attached hydrogens (tertiary/aromatic N) is 3. The van der Waals surface area contributed by atoms with E-state index in [4.69, 9.17) is 0 Å². The highest BCUT2D eigenvalue weighted by molar-refractivity contribution is 7.98. The third-order valence-electron chi connectivity index (χ3n) is 3.63. The summed E-state index contributed by atoms with van der Waals surface area (Å²) >= 11 is 1.12. The van der Waals surface area contributed by atoms with Gasteiger partial charge >= 0.3 is 0 Å². The van der Waals surface area contributed by atoms with Crippen LogP contribution in [0.15, 0.2) is 50.6 Å². The highest BCUT2D eigenvalue weighted by Gasteiger charge is 2.27. The first-order chi connectivity index (χ1) is 11.1. The molecule has 7 heteroatoms. The van der Waals surface area contributed by atoms with E-state index in [9.17, 15) is 15.1 Å². The van der Waals surface area contributed by atoms with Crippen molar-refractivity contribution in [1.29, 1.82) is 0 Å². The number of hydrogen-bond acceptors (Lipinski definition) is 6. The van der Waals surface area contributed by atoms with Crippen LogP contribution in [0.3, 0.4) is 0 Å². The zero-order valence-electron chi connectivity index (χ0n) is 12.6. The number of aromatic hydroxyl groups is 1. The van der Waals surface area contributed by atoms with Gasteiger partial charge in [-0.15, -0.1) is 0 Å². The summed E-state index contributed by atoms with van der Waals surface area (Å²) in [6, 6.07) is 8.28. The third kappa shape index (κ3) is 2.85. The second-order valence-corrected chi connectivity index (χ2v) is 6.02. The number of hydroxylamine groups is 1. The average molecular weight is 331 g/mol. The molecule has 0 atom stereocenters.